The standard InChI is InChI=1S/C17H22N2O/c1-12(13-8-4-3-5-9-13)18-19-16(20)15-14-10-6-7-11-17(14,15)2/h3-5,8-9,14-15H,6-7,10-11H2,1-2H3,(H,19,20)/b18-12-/t14-,15+,17-/m0/s1. The van der Waals surface area contributed by atoms with Gasteiger partial charge in [0.2, 0.25) is 5.91 Å². The van der Waals surface area contributed by atoms with Gasteiger partial charge in [-0.3, -0.25) is 4.79 Å². The second-order valence-electron chi connectivity index (χ2n) is 6.38. The molecule has 0 heterocycles. The SMILES string of the molecule is C/C(=N/NC(=O)[C@H]1[C@@H]2CCCC[C@@]21C)c1ccccc1. The number of nitrogens with one attached hydrogen (secondary N) is 1. The van der Waals surface area contributed by atoms with Gasteiger partial charge in [0.25, 0.3) is 0 Å². The maximum absolute atomic E-state index is 12.3. The second-order valence-corrected chi connectivity index (χ2v) is 6.38. The van der Waals surface area contributed by atoms with Gasteiger partial charge in [-0.05, 0) is 36.7 Å². The smallest absolute Gasteiger partial charge is 0.244 e. The Morgan fingerprint density at radius 3 is 2.70 bits per heavy atom. The number of nitrogens with zero attached hydrogens (tertiary/aromatic N) is 1. The summed E-state index contributed by atoms with van der Waals surface area (Å²) < 4.78 is 0. The second kappa shape index (κ2) is 5.04. The lowest BCUT2D eigenvalue weighted by atomic mass is 9.90. The molecule has 0 spiro atoms. The maximum atomic E-state index is 12.3. The van der Waals surface area contributed by atoms with Crippen LogP contribution in [0.15, 0.2) is 35.4 Å². The molecule has 2 aliphatic rings. The summed E-state index contributed by atoms with van der Waals surface area (Å²) in [5.41, 5.74) is 4.92. The number of benzene rings is 1. The van der Waals surface area contributed by atoms with Crippen LogP contribution >= 0.6 is 0 Å². The Kier molecular flexibility index (Phi) is 3.36. The number of hydrogen-bond acceptors (Lipinski definition) is 2. The van der Waals surface area contributed by atoms with E-state index >= 15 is 0 Å². The molecule has 2 aliphatic carbocycles. The highest BCUT2D eigenvalue weighted by molar-refractivity contribution is 5.99. The number of hydrazone groups is 1. The summed E-state index contributed by atoms with van der Waals surface area (Å²) in [5, 5.41) is 4.26. The molecule has 2 saturated carbocycles. The summed E-state index contributed by atoms with van der Waals surface area (Å²) in [4.78, 5) is 12.3. The molecular formula is C17H22N2O. The van der Waals surface area contributed by atoms with Gasteiger partial charge in [-0.15, -0.1) is 0 Å². The predicted octanol–water partition coefficient (Wildman–Crippen LogP) is 3.35. The Hall–Kier alpha value is -1.64. The highest BCUT2D eigenvalue weighted by atomic mass is 16.2. The van der Waals surface area contributed by atoms with Gasteiger partial charge in [-0.25, -0.2) is 5.43 Å². The molecular weight excluding hydrogens is 248 g/mol. The molecule has 0 saturated heterocycles. The minimum absolute atomic E-state index is 0.106. The Balaban J connectivity index is 1.63. The fourth-order valence-corrected chi connectivity index (χ4v) is 3.80. The van der Waals surface area contributed by atoms with Gasteiger partial charge in [0.15, 0.2) is 0 Å². The van der Waals surface area contributed by atoms with Crippen molar-refractivity contribution in [1.82, 2.24) is 5.43 Å². The molecule has 3 atom stereocenters. The quantitative estimate of drug-likeness (QED) is 0.664. The predicted molar refractivity (Wildman–Crippen MR) is 80.4 cm³/mol. The largest absolute Gasteiger partial charge is 0.273 e. The first kappa shape index (κ1) is 13.3. The van der Waals surface area contributed by atoms with Crippen molar-refractivity contribution in [3.8, 4) is 0 Å². The highest BCUT2D eigenvalue weighted by Gasteiger charge is 2.64. The van der Waals surface area contributed by atoms with Gasteiger partial charge < -0.3 is 0 Å². The molecule has 0 bridgehead atoms. The minimum atomic E-state index is 0.106. The van der Waals surface area contributed by atoms with E-state index in [-0.39, 0.29) is 17.2 Å². The van der Waals surface area contributed by atoms with Crippen LogP contribution in [0.3, 0.4) is 0 Å². The van der Waals surface area contributed by atoms with E-state index in [4.69, 9.17) is 0 Å². The van der Waals surface area contributed by atoms with Crippen molar-refractivity contribution in [3.05, 3.63) is 35.9 Å². The molecule has 106 valence electrons. The van der Waals surface area contributed by atoms with Crippen LogP contribution in [0.4, 0.5) is 0 Å². The summed E-state index contributed by atoms with van der Waals surface area (Å²) in [5.74, 6) is 0.871. The summed E-state index contributed by atoms with van der Waals surface area (Å²) in [6.07, 6.45) is 4.94. The summed E-state index contributed by atoms with van der Waals surface area (Å²) in [6.45, 7) is 4.19. The van der Waals surface area contributed by atoms with Crippen LogP contribution in [0.2, 0.25) is 0 Å². The number of carbonyl (C=O) groups is 1. The van der Waals surface area contributed by atoms with E-state index in [0.717, 1.165) is 11.3 Å². The number of carbonyl (C=O) groups excluding carboxylic acids is 1. The third-order valence-corrected chi connectivity index (χ3v) is 5.14. The molecule has 3 heteroatoms. The molecule has 3 rings (SSSR count). The number of rotatable bonds is 3. The summed E-state index contributed by atoms with van der Waals surface area (Å²) >= 11 is 0. The minimum Gasteiger partial charge on any atom is -0.273 e. The zero-order chi connectivity index (χ0) is 14.2. The van der Waals surface area contributed by atoms with E-state index in [2.05, 4.69) is 17.5 Å². The number of amides is 1. The fourth-order valence-electron chi connectivity index (χ4n) is 3.80. The van der Waals surface area contributed by atoms with Gasteiger partial charge in [0, 0.05) is 5.92 Å². The molecule has 2 fully saturated rings. The van der Waals surface area contributed by atoms with Crippen molar-refractivity contribution in [2.45, 2.75) is 39.5 Å². The van der Waals surface area contributed by atoms with Crippen LogP contribution in [-0.2, 0) is 4.79 Å². The van der Waals surface area contributed by atoms with E-state index in [0.29, 0.717) is 5.92 Å². The van der Waals surface area contributed by atoms with E-state index in [9.17, 15) is 4.79 Å². The summed E-state index contributed by atoms with van der Waals surface area (Å²) in [6, 6.07) is 9.94. The average Bonchev–Trinajstić information content (AvgIpc) is 3.11. The Morgan fingerprint density at radius 1 is 1.30 bits per heavy atom. The summed E-state index contributed by atoms with van der Waals surface area (Å²) in [7, 11) is 0. The first-order valence-electron chi connectivity index (χ1n) is 7.52. The molecule has 1 amide bonds. The normalized spacial score (nSPS) is 32.4. The molecule has 1 aromatic carbocycles. The van der Waals surface area contributed by atoms with Crippen LogP contribution in [-0.4, -0.2) is 11.6 Å². The van der Waals surface area contributed by atoms with E-state index in [1.807, 2.05) is 37.3 Å². The van der Waals surface area contributed by atoms with Crippen molar-refractivity contribution < 1.29 is 4.79 Å². The lowest BCUT2D eigenvalue weighted by molar-refractivity contribution is -0.123. The lowest BCUT2D eigenvalue weighted by Crippen LogP contribution is -2.23. The zero-order valence-electron chi connectivity index (χ0n) is 12.2. The highest BCUT2D eigenvalue weighted by Crippen LogP contribution is 2.66. The zero-order valence-corrected chi connectivity index (χ0v) is 12.2. The van der Waals surface area contributed by atoms with E-state index in [1.54, 1.807) is 0 Å². The topological polar surface area (TPSA) is 41.5 Å². The van der Waals surface area contributed by atoms with Crippen molar-refractivity contribution >= 4 is 11.6 Å². The molecule has 0 unspecified atom stereocenters. The Labute approximate surface area is 120 Å². The van der Waals surface area contributed by atoms with Gasteiger partial charge >= 0.3 is 0 Å². The first-order chi connectivity index (χ1) is 9.63. The Bertz CT molecular complexity index is 537. The van der Waals surface area contributed by atoms with Crippen molar-refractivity contribution in [3.63, 3.8) is 0 Å². The van der Waals surface area contributed by atoms with Crippen molar-refractivity contribution in [2.24, 2.45) is 22.4 Å². The third kappa shape index (κ3) is 2.26. The van der Waals surface area contributed by atoms with Crippen molar-refractivity contribution in [2.75, 3.05) is 0 Å². The van der Waals surface area contributed by atoms with Gasteiger partial charge in [-0.1, -0.05) is 50.1 Å². The fraction of sp³-hybridized carbons (Fsp3) is 0.529. The van der Waals surface area contributed by atoms with Gasteiger partial charge in [0.1, 0.15) is 0 Å². The van der Waals surface area contributed by atoms with Crippen LogP contribution in [0.5, 0.6) is 0 Å². The maximum Gasteiger partial charge on any atom is 0.244 e. The molecule has 0 aromatic heterocycles. The molecule has 20 heavy (non-hydrogen) atoms. The number of fused-ring (bicyclic) bond motifs is 1. The van der Waals surface area contributed by atoms with Crippen LogP contribution < -0.4 is 5.43 Å². The molecule has 1 aromatic rings. The van der Waals surface area contributed by atoms with Gasteiger partial charge in [-0.2, -0.15) is 5.10 Å². The van der Waals surface area contributed by atoms with Crippen LogP contribution in [0.25, 0.3) is 0 Å². The molecule has 3 nitrogen and oxygen atoms in total. The molecule has 0 aliphatic heterocycles. The van der Waals surface area contributed by atoms with Gasteiger partial charge in [0.05, 0.1) is 5.71 Å². The van der Waals surface area contributed by atoms with E-state index < -0.39 is 0 Å². The van der Waals surface area contributed by atoms with E-state index in [1.165, 1.54) is 25.7 Å². The van der Waals surface area contributed by atoms with Crippen molar-refractivity contribution in [1.29, 1.82) is 0 Å². The van der Waals surface area contributed by atoms with Crippen LogP contribution in [0.1, 0.15) is 45.1 Å². The lowest BCUT2D eigenvalue weighted by Gasteiger charge is -2.15. The Morgan fingerprint density at radius 2 is 2.05 bits per heavy atom. The third-order valence-electron chi connectivity index (χ3n) is 5.14. The van der Waals surface area contributed by atoms with Crippen LogP contribution in [0, 0.1) is 17.3 Å². The number of hydrogen-bond donors (Lipinski definition) is 1. The monoisotopic (exact) mass is 270 g/mol. The first-order valence-corrected chi connectivity index (χ1v) is 7.52. The molecule has 1 N–H and O–H groups in total. The molecule has 0 radical (unpaired) electrons. The average molecular weight is 270 g/mol.